The lowest BCUT2D eigenvalue weighted by atomic mass is 9.71. The first-order chi connectivity index (χ1) is 13.4. The van der Waals surface area contributed by atoms with Crippen molar-refractivity contribution in [1.29, 1.82) is 0 Å². The number of hydrogen-bond acceptors (Lipinski definition) is 0. The third kappa shape index (κ3) is 14.9. The van der Waals surface area contributed by atoms with Crippen molar-refractivity contribution in [3.05, 3.63) is 0 Å². The van der Waals surface area contributed by atoms with Crippen molar-refractivity contribution in [3.8, 4) is 0 Å². The monoisotopic (exact) mass is 394 g/mol. The lowest BCUT2D eigenvalue weighted by molar-refractivity contribution is 0.156. The highest BCUT2D eigenvalue weighted by molar-refractivity contribution is 4.77. The third-order valence-corrected chi connectivity index (χ3v) is 7.24. The first-order valence-corrected chi connectivity index (χ1v) is 13.4. The van der Waals surface area contributed by atoms with Crippen LogP contribution in [0.15, 0.2) is 0 Å². The van der Waals surface area contributed by atoms with Gasteiger partial charge < -0.3 is 0 Å². The summed E-state index contributed by atoms with van der Waals surface area (Å²) in [7, 11) is 0. The fraction of sp³-hybridized carbons (Fsp3) is 1.00. The minimum atomic E-state index is 0.834. The van der Waals surface area contributed by atoms with Crippen LogP contribution in [0.4, 0.5) is 0 Å². The number of rotatable bonds is 20. The van der Waals surface area contributed by atoms with Crippen LogP contribution >= 0.6 is 0 Å². The maximum atomic E-state index is 2.55. The molecule has 0 spiro atoms. The van der Waals surface area contributed by atoms with Crippen LogP contribution in [0, 0.1) is 29.6 Å². The Labute approximate surface area is 181 Å². The molecule has 0 rings (SSSR count). The van der Waals surface area contributed by atoms with Crippen LogP contribution in [0.25, 0.3) is 0 Å². The van der Waals surface area contributed by atoms with Gasteiger partial charge in [0.05, 0.1) is 0 Å². The molecule has 0 fully saturated rings. The molecule has 0 amide bonds. The van der Waals surface area contributed by atoms with Gasteiger partial charge in [0.2, 0.25) is 0 Å². The first kappa shape index (κ1) is 28.0. The molecule has 170 valence electrons. The van der Waals surface area contributed by atoms with Gasteiger partial charge in [-0.2, -0.15) is 0 Å². The summed E-state index contributed by atoms with van der Waals surface area (Å²) >= 11 is 0. The SMILES string of the molecule is CCCCCCCC(C(CCC)CCCCCCCCC(C)C)C(C)C(C)C. The Hall–Kier alpha value is 0. The van der Waals surface area contributed by atoms with E-state index in [4.69, 9.17) is 0 Å². The molecule has 0 aliphatic rings. The quantitative estimate of drug-likeness (QED) is 0.180. The van der Waals surface area contributed by atoms with E-state index in [0.717, 1.165) is 29.6 Å². The molecule has 0 N–H and O–H groups in total. The summed E-state index contributed by atoms with van der Waals surface area (Å²) in [5.74, 6) is 4.55. The van der Waals surface area contributed by atoms with E-state index in [-0.39, 0.29) is 0 Å². The highest BCUT2D eigenvalue weighted by atomic mass is 14.3. The second kappa shape index (κ2) is 19.0. The zero-order valence-corrected chi connectivity index (χ0v) is 21.2. The molecule has 0 aliphatic heterocycles. The molecule has 28 heavy (non-hydrogen) atoms. The summed E-state index contributed by atoms with van der Waals surface area (Å²) in [6, 6.07) is 0. The van der Waals surface area contributed by atoms with Gasteiger partial charge in [0.25, 0.3) is 0 Å². The van der Waals surface area contributed by atoms with Crippen molar-refractivity contribution in [3.63, 3.8) is 0 Å². The third-order valence-electron chi connectivity index (χ3n) is 7.24. The molecule has 0 aromatic rings. The van der Waals surface area contributed by atoms with Gasteiger partial charge in [-0.05, 0) is 36.0 Å². The highest BCUT2D eigenvalue weighted by Crippen LogP contribution is 2.37. The van der Waals surface area contributed by atoms with E-state index < -0.39 is 0 Å². The van der Waals surface area contributed by atoms with Crippen molar-refractivity contribution >= 4 is 0 Å². The Bertz CT molecular complexity index is 303. The maximum Gasteiger partial charge on any atom is -0.0358 e. The lowest BCUT2D eigenvalue weighted by Crippen LogP contribution is -2.25. The highest BCUT2D eigenvalue weighted by Gasteiger charge is 2.27. The Balaban J connectivity index is 4.33. The van der Waals surface area contributed by atoms with E-state index in [1.54, 1.807) is 0 Å². The normalized spacial score (nSPS) is 15.3. The van der Waals surface area contributed by atoms with Gasteiger partial charge in [-0.1, -0.05) is 145 Å². The van der Waals surface area contributed by atoms with E-state index in [2.05, 4.69) is 48.5 Å². The second-order valence-electron chi connectivity index (χ2n) is 10.6. The average Bonchev–Trinajstić information content (AvgIpc) is 2.65. The molecular formula is C28H58. The molecule has 0 saturated carbocycles. The van der Waals surface area contributed by atoms with Crippen LogP contribution in [0.2, 0.25) is 0 Å². The van der Waals surface area contributed by atoms with Crippen LogP contribution in [-0.4, -0.2) is 0 Å². The van der Waals surface area contributed by atoms with Gasteiger partial charge in [-0.3, -0.25) is 0 Å². The summed E-state index contributed by atoms with van der Waals surface area (Å²) in [6.45, 7) is 16.9. The zero-order chi connectivity index (χ0) is 21.2. The average molecular weight is 395 g/mol. The summed E-state index contributed by atoms with van der Waals surface area (Å²) in [5, 5.41) is 0. The molecule has 0 heteroatoms. The molecule has 0 heterocycles. The van der Waals surface area contributed by atoms with Crippen molar-refractivity contribution in [2.75, 3.05) is 0 Å². The molecule has 0 aromatic carbocycles. The predicted molar refractivity (Wildman–Crippen MR) is 131 cm³/mol. The minimum Gasteiger partial charge on any atom is -0.0654 e. The second-order valence-corrected chi connectivity index (χ2v) is 10.6. The summed E-state index contributed by atoms with van der Waals surface area (Å²) in [4.78, 5) is 0. The first-order valence-electron chi connectivity index (χ1n) is 13.4. The molecule has 3 atom stereocenters. The topological polar surface area (TPSA) is 0 Å². The molecular weight excluding hydrogens is 336 g/mol. The molecule has 0 aromatic heterocycles. The van der Waals surface area contributed by atoms with Crippen LogP contribution in [-0.2, 0) is 0 Å². The number of unbranched alkanes of at least 4 members (excludes halogenated alkanes) is 9. The largest absolute Gasteiger partial charge is 0.0654 e. The van der Waals surface area contributed by atoms with Gasteiger partial charge in [0.1, 0.15) is 0 Å². The molecule has 0 nitrogen and oxygen atoms in total. The van der Waals surface area contributed by atoms with Crippen molar-refractivity contribution in [2.45, 2.75) is 151 Å². The molecule has 0 bridgehead atoms. The lowest BCUT2D eigenvalue weighted by Gasteiger charge is -2.34. The molecule has 3 unspecified atom stereocenters. The zero-order valence-electron chi connectivity index (χ0n) is 21.2. The Morgan fingerprint density at radius 1 is 0.464 bits per heavy atom. The predicted octanol–water partition coefficient (Wildman–Crippen LogP) is 10.4. The van der Waals surface area contributed by atoms with Gasteiger partial charge in [-0.15, -0.1) is 0 Å². The van der Waals surface area contributed by atoms with E-state index in [1.165, 1.54) is 103 Å². The fourth-order valence-corrected chi connectivity index (χ4v) is 5.02. The van der Waals surface area contributed by atoms with Gasteiger partial charge in [0, 0.05) is 0 Å². The molecule has 0 aliphatic carbocycles. The summed E-state index contributed by atoms with van der Waals surface area (Å²) in [5.41, 5.74) is 0. The van der Waals surface area contributed by atoms with E-state index in [1.807, 2.05) is 0 Å². The molecule has 0 radical (unpaired) electrons. The smallest absolute Gasteiger partial charge is 0.0358 e. The summed E-state index contributed by atoms with van der Waals surface area (Å²) < 4.78 is 0. The minimum absolute atomic E-state index is 0.834. The molecule has 0 saturated heterocycles. The van der Waals surface area contributed by atoms with Crippen molar-refractivity contribution in [2.24, 2.45) is 29.6 Å². The van der Waals surface area contributed by atoms with E-state index in [9.17, 15) is 0 Å². The number of hydrogen-bond donors (Lipinski definition) is 0. The van der Waals surface area contributed by atoms with Crippen LogP contribution in [0.5, 0.6) is 0 Å². The van der Waals surface area contributed by atoms with Gasteiger partial charge in [0.15, 0.2) is 0 Å². The van der Waals surface area contributed by atoms with Crippen molar-refractivity contribution < 1.29 is 0 Å². The maximum absolute atomic E-state index is 2.55. The van der Waals surface area contributed by atoms with Crippen LogP contribution < -0.4 is 0 Å². The van der Waals surface area contributed by atoms with Gasteiger partial charge in [-0.25, -0.2) is 0 Å². The standard InChI is InChI=1S/C28H58/c1-8-10-11-14-19-23-28(26(7)25(5)6)27(20-9-2)22-18-16-13-12-15-17-21-24(3)4/h24-28H,8-23H2,1-7H3. The van der Waals surface area contributed by atoms with Crippen LogP contribution in [0.1, 0.15) is 151 Å². The Morgan fingerprint density at radius 2 is 0.964 bits per heavy atom. The summed E-state index contributed by atoms with van der Waals surface area (Å²) in [6.07, 6.45) is 23.2. The Morgan fingerprint density at radius 3 is 1.46 bits per heavy atom. The van der Waals surface area contributed by atoms with Crippen molar-refractivity contribution in [1.82, 2.24) is 0 Å². The van der Waals surface area contributed by atoms with E-state index >= 15 is 0 Å². The van der Waals surface area contributed by atoms with Gasteiger partial charge >= 0.3 is 0 Å². The van der Waals surface area contributed by atoms with Crippen LogP contribution in [0.3, 0.4) is 0 Å². The van der Waals surface area contributed by atoms with E-state index in [0.29, 0.717) is 0 Å². The Kier molecular flexibility index (Phi) is 19.0. The fourth-order valence-electron chi connectivity index (χ4n) is 5.02.